The SMILES string of the molecule is CC1OC(OCC2C(C)OC(OCC3C(O)C(CO)OC(OCC4C(COC5OC(COC6OC(CO)C(O)C(OS(=O)(=O)O)C6O)C(O)C(OS(=O)(=O)O)C5O)OCC(O)C4OS(=O)(=O)O)C3O)C(O)C2OS(=O)(=O)O)C(O)C(OS(=O)(=O)O)C1O. The van der Waals surface area contributed by atoms with Gasteiger partial charge < -0.3 is 113 Å². The summed E-state index contributed by atoms with van der Waals surface area (Å²) in [6, 6.07) is 0. The summed E-state index contributed by atoms with van der Waals surface area (Å²) in [6.07, 6.45) is -52.9. The van der Waals surface area contributed by atoms with Crippen molar-refractivity contribution in [1.29, 1.82) is 0 Å². The fourth-order valence-corrected chi connectivity index (χ4v) is 12.7. The van der Waals surface area contributed by atoms with Gasteiger partial charge in [0.25, 0.3) is 0 Å². The van der Waals surface area contributed by atoms with Crippen molar-refractivity contribution < 1.29 is 199 Å². The van der Waals surface area contributed by atoms with E-state index in [1.54, 1.807) is 0 Å². The average Bonchev–Trinajstić information content (AvgIpc) is 1.97. The van der Waals surface area contributed by atoms with E-state index in [2.05, 4.69) is 12.5 Å². The van der Waals surface area contributed by atoms with Crippen LogP contribution in [0.15, 0.2) is 0 Å². The maximum Gasteiger partial charge on any atom is 0.397 e. The van der Waals surface area contributed by atoms with Crippen molar-refractivity contribution in [1.82, 2.24) is 0 Å². The van der Waals surface area contributed by atoms with Gasteiger partial charge in [-0.25, -0.2) is 20.9 Å². The highest BCUT2D eigenvalue weighted by atomic mass is 32.3. The van der Waals surface area contributed by atoms with E-state index in [0.717, 1.165) is 0 Å². The summed E-state index contributed by atoms with van der Waals surface area (Å²) in [6.45, 7) is -5.52. The molecule has 6 aliphatic rings. The zero-order valence-electron chi connectivity index (χ0n) is 44.7. The first-order valence-electron chi connectivity index (χ1n) is 25.4. The quantitative estimate of drug-likeness (QED) is 0.0340. The van der Waals surface area contributed by atoms with Gasteiger partial charge in [-0.3, -0.25) is 22.8 Å². The summed E-state index contributed by atoms with van der Waals surface area (Å²) in [5.41, 5.74) is 0. The van der Waals surface area contributed by atoms with Crippen LogP contribution in [0.5, 0.6) is 0 Å². The third kappa shape index (κ3) is 20.0. The van der Waals surface area contributed by atoms with E-state index in [1.165, 1.54) is 13.8 Å². The van der Waals surface area contributed by atoms with Gasteiger partial charge in [0.1, 0.15) is 104 Å². The van der Waals surface area contributed by atoms with Crippen LogP contribution in [-0.4, -0.2) is 339 Å². The Morgan fingerprint density at radius 3 is 1.11 bits per heavy atom. The molecule has 0 radical (unpaired) electrons. The zero-order valence-corrected chi connectivity index (χ0v) is 48.7. The van der Waals surface area contributed by atoms with Gasteiger partial charge in [0.2, 0.25) is 0 Å². The smallest absolute Gasteiger partial charge is 0.394 e. The second kappa shape index (κ2) is 30.2. The second-order valence-corrected chi connectivity index (χ2v) is 25.6. The molecule has 0 spiro atoms. The fraction of sp³-hybridized carbons (Fsp3) is 1.00. The van der Waals surface area contributed by atoms with Crippen molar-refractivity contribution in [2.75, 3.05) is 52.9 Å². The minimum atomic E-state index is -5.59. The minimum absolute atomic E-state index is 0.827. The second-order valence-electron chi connectivity index (χ2n) is 20.4. The van der Waals surface area contributed by atoms with Crippen LogP contribution >= 0.6 is 0 Å². The highest BCUT2D eigenvalue weighted by molar-refractivity contribution is 7.81. The largest absolute Gasteiger partial charge is 0.397 e. The van der Waals surface area contributed by atoms with Crippen LogP contribution in [0.2, 0.25) is 0 Å². The van der Waals surface area contributed by atoms with Gasteiger partial charge in [-0.05, 0) is 13.8 Å². The number of aliphatic hydroxyl groups excluding tert-OH is 12. The first-order chi connectivity index (χ1) is 40.1. The molecule has 6 fully saturated rings. The van der Waals surface area contributed by atoms with Crippen LogP contribution in [0.4, 0.5) is 0 Å². The molecule has 17 N–H and O–H groups in total. The molecule has 0 bridgehead atoms. The molecule has 0 aromatic rings. The zero-order chi connectivity index (χ0) is 65.2. The van der Waals surface area contributed by atoms with Crippen LogP contribution < -0.4 is 0 Å². The maximum absolute atomic E-state index is 12.1. The van der Waals surface area contributed by atoms with Gasteiger partial charge in [0.15, 0.2) is 31.5 Å². The van der Waals surface area contributed by atoms with Crippen molar-refractivity contribution in [2.45, 2.75) is 173 Å². The normalized spacial score (nSPS) is 43.9. The fourth-order valence-electron chi connectivity index (χ4n) is 10.1. The summed E-state index contributed by atoms with van der Waals surface area (Å²) in [4.78, 5) is 0. The van der Waals surface area contributed by atoms with Crippen LogP contribution in [0.25, 0.3) is 0 Å². The molecule has 87 heavy (non-hydrogen) atoms. The highest BCUT2D eigenvalue weighted by Gasteiger charge is 2.55. The van der Waals surface area contributed by atoms with E-state index in [-0.39, 0.29) is 0 Å². The monoisotopic (exact) mass is 1380 g/mol. The molecule has 6 aliphatic heterocycles. The lowest BCUT2D eigenvalue weighted by molar-refractivity contribution is -0.333. The van der Waals surface area contributed by atoms with Crippen molar-refractivity contribution >= 4 is 52.0 Å². The highest BCUT2D eigenvalue weighted by Crippen LogP contribution is 2.37. The van der Waals surface area contributed by atoms with Crippen LogP contribution in [0, 0.1) is 17.8 Å². The van der Waals surface area contributed by atoms with E-state index in [4.69, 9.17) is 65.0 Å². The lowest BCUT2D eigenvalue weighted by Gasteiger charge is -2.46. The molecular weight excluding hydrogens is 1320 g/mol. The van der Waals surface area contributed by atoms with Gasteiger partial charge in [0.05, 0.1) is 77.3 Å². The molecule has 29 atom stereocenters. The van der Waals surface area contributed by atoms with Crippen LogP contribution in [0.1, 0.15) is 13.8 Å². The Bertz CT molecular complexity index is 2780. The van der Waals surface area contributed by atoms with Gasteiger partial charge in [-0.1, -0.05) is 0 Å². The number of ether oxygens (including phenoxy) is 11. The molecule has 43 nitrogen and oxygen atoms in total. The van der Waals surface area contributed by atoms with Gasteiger partial charge in [0, 0.05) is 17.8 Å². The minimum Gasteiger partial charge on any atom is -0.394 e. The lowest BCUT2D eigenvalue weighted by atomic mass is 9.88. The molecule has 29 unspecified atom stereocenters. The predicted octanol–water partition coefficient (Wildman–Crippen LogP) is -11.5. The lowest BCUT2D eigenvalue weighted by Crippen LogP contribution is -2.63. The maximum atomic E-state index is 12.1. The molecule has 48 heteroatoms. The van der Waals surface area contributed by atoms with Crippen molar-refractivity contribution in [3.05, 3.63) is 0 Å². The summed E-state index contributed by atoms with van der Waals surface area (Å²) in [5.74, 6) is -4.95. The summed E-state index contributed by atoms with van der Waals surface area (Å²) < 4.78 is 249. The van der Waals surface area contributed by atoms with E-state index in [0.29, 0.717) is 0 Å². The van der Waals surface area contributed by atoms with E-state index >= 15 is 0 Å². The van der Waals surface area contributed by atoms with Crippen LogP contribution in [0.3, 0.4) is 0 Å². The Kier molecular flexibility index (Phi) is 25.9. The summed E-state index contributed by atoms with van der Waals surface area (Å²) in [7, 11) is -27.3. The number of rotatable bonds is 27. The number of aliphatic hydroxyl groups is 12. The molecule has 6 saturated heterocycles. The molecular formula is C39H68O43S5. The van der Waals surface area contributed by atoms with E-state index < -0.39 is 282 Å². The third-order valence-corrected chi connectivity index (χ3v) is 16.7. The molecule has 6 rings (SSSR count). The molecule has 0 aliphatic carbocycles. The first-order valence-corrected chi connectivity index (χ1v) is 32.2. The van der Waals surface area contributed by atoms with Gasteiger partial charge >= 0.3 is 52.0 Å². The Labute approximate surface area is 493 Å². The van der Waals surface area contributed by atoms with E-state index in [1.807, 2.05) is 0 Å². The molecule has 0 aromatic carbocycles. The molecule has 0 saturated carbocycles. The Hall–Kier alpha value is -1.57. The third-order valence-electron chi connectivity index (χ3n) is 14.4. The Morgan fingerprint density at radius 2 is 0.655 bits per heavy atom. The number of hydrogen-bond donors (Lipinski definition) is 17. The van der Waals surface area contributed by atoms with Crippen molar-refractivity contribution in [3.8, 4) is 0 Å². The Morgan fingerprint density at radius 1 is 0.333 bits per heavy atom. The summed E-state index contributed by atoms with van der Waals surface area (Å²) >= 11 is 0. The molecule has 512 valence electrons. The number of hydrogen-bond acceptors (Lipinski definition) is 38. The standard InChI is InChI=1S/C39H68O43S5/c1-11-13(5-68-37-27(49)32(80-85(58,59)60)21(43)12(2)74-37)31(79-84(55,56)57)26(48)36(73-11)70-7-15-22(44)17(3-40)75-35(23(15)45)69-6-14-19(67-8-16(42)30(14)78-83(52,53)54)9-71-39-29(51)34(82-87(64,65)66)25(47)20(77-39)10-72-38-28(50)33(81-86(61,62)63)24(46)18(4-41)76-38/h11-51H,3-10H2,1-2H3,(H,52,53,54)(H,55,56,57)(H,58,59,60)(H,61,62,63)(H,64,65,66). The van der Waals surface area contributed by atoms with Gasteiger partial charge in [-0.15, -0.1) is 0 Å². The summed E-state index contributed by atoms with van der Waals surface area (Å²) in [5, 5.41) is 129. The van der Waals surface area contributed by atoms with Gasteiger partial charge in [-0.2, -0.15) is 42.1 Å². The molecule has 0 aromatic heterocycles. The van der Waals surface area contributed by atoms with Crippen molar-refractivity contribution in [3.63, 3.8) is 0 Å². The Balaban J connectivity index is 1.16. The van der Waals surface area contributed by atoms with Crippen LogP contribution in [-0.2, 0) is 125 Å². The average molecular weight is 1390 g/mol. The molecule has 6 heterocycles. The first kappa shape index (κ1) is 74.5. The molecule has 0 amide bonds. The topological polar surface area (TPSA) is 662 Å². The van der Waals surface area contributed by atoms with Crippen molar-refractivity contribution in [2.24, 2.45) is 17.8 Å². The van der Waals surface area contributed by atoms with E-state index in [9.17, 15) is 122 Å². The predicted molar refractivity (Wildman–Crippen MR) is 261 cm³/mol.